The summed E-state index contributed by atoms with van der Waals surface area (Å²) in [7, 11) is -4.41. The summed E-state index contributed by atoms with van der Waals surface area (Å²) < 4.78 is 26.9. The number of rotatable bonds is 44. The zero-order valence-corrected chi connectivity index (χ0v) is 36.8. The number of aliphatic hydroxyl groups excluding tert-OH is 1. The molecule has 3 N–H and O–H groups in total. The van der Waals surface area contributed by atoms with Gasteiger partial charge in [0.25, 0.3) is 0 Å². The number of unbranched alkanes of at least 4 members (excludes halogenated alkanes) is 29. The highest BCUT2D eigenvalue weighted by molar-refractivity contribution is 7.47. The van der Waals surface area contributed by atoms with Crippen molar-refractivity contribution in [2.45, 2.75) is 238 Å². The highest BCUT2D eigenvalue weighted by Gasteiger charge is 2.23. The van der Waals surface area contributed by atoms with Gasteiger partial charge in [-0.2, -0.15) is 0 Å². The number of ether oxygens (including phenoxy) is 1. The molecule has 0 aromatic rings. The minimum absolute atomic E-state index is 0.0845. The number of carbonyl (C=O) groups excluding carboxylic acids is 2. The van der Waals surface area contributed by atoms with Gasteiger partial charge in [0.15, 0.2) is 0 Å². The second kappa shape index (κ2) is 42.4. The first-order chi connectivity index (χ1) is 26.8. The van der Waals surface area contributed by atoms with Gasteiger partial charge in [0.2, 0.25) is 5.91 Å². The van der Waals surface area contributed by atoms with E-state index in [0.29, 0.717) is 6.42 Å². The van der Waals surface area contributed by atoms with Gasteiger partial charge in [-0.3, -0.25) is 18.6 Å². The van der Waals surface area contributed by atoms with E-state index >= 15 is 0 Å². The van der Waals surface area contributed by atoms with Crippen molar-refractivity contribution >= 4 is 19.7 Å². The van der Waals surface area contributed by atoms with E-state index in [-0.39, 0.29) is 32.1 Å². The SMILES string of the molecule is CCCCCCCC/C=C/CCCCCCCCCCCC(=O)NCCOP(=O)(O)OCC(O)COC(=O)CCCCCCCCCCCCCCCCC. The Hall–Kier alpha value is -1.25. The number of phosphoric acid groups is 1. The largest absolute Gasteiger partial charge is 0.472 e. The molecular weight excluding hydrogens is 713 g/mol. The molecule has 1 amide bonds. The molecule has 0 heterocycles. The van der Waals surface area contributed by atoms with Crippen LogP contribution in [0.3, 0.4) is 0 Å². The number of carbonyl (C=O) groups is 2. The molecule has 0 aliphatic heterocycles. The molecular formula is C45H88NO8P. The maximum atomic E-state index is 12.1. The minimum Gasteiger partial charge on any atom is -0.463 e. The Morgan fingerprint density at radius 3 is 1.36 bits per heavy atom. The van der Waals surface area contributed by atoms with Crippen molar-refractivity contribution in [3.05, 3.63) is 12.2 Å². The number of hydrogen-bond acceptors (Lipinski definition) is 7. The van der Waals surface area contributed by atoms with Gasteiger partial charge in [0, 0.05) is 19.4 Å². The molecule has 0 spiro atoms. The van der Waals surface area contributed by atoms with Crippen molar-refractivity contribution in [3.8, 4) is 0 Å². The number of esters is 1. The first-order valence-corrected chi connectivity index (χ1v) is 24.7. The van der Waals surface area contributed by atoms with Gasteiger partial charge in [-0.15, -0.1) is 0 Å². The Bertz CT molecular complexity index is 917. The van der Waals surface area contributed by atoms with Crippen LogP contribution in [0.4, 0.5) is 0 Å². The van der Waals surface area contributed by atoms with E-state index < -0.39 is 26.5 Å². The number of aliphatic hydroxyl groups is 1. The smallest absolute Gasteiger partial charge is 0.463 e. The van der Waals surface area contributed by atoms with Gasteiger partial charge in [-0.05, 0) is 38.5 Å². The van der Waals surface area contributed by atoms with Crippen molar-refractivity contribution in [2.24, 2.45) is 0 Å². The summed E-state index contributed by atoms with van der Waals surface area (Å²) >= 11 is 0. The Labute approximate surface area is 338 Å². The van der Waals surface area contributed by atoms with Crippen LogP contribution >= 0.6 is 7.82 Å². The molecule has 0 saturated carbocycles. The molecule has 55 heavy (non-hydrogen) atoms. The van der Waals surface area contributed by atoms with Crippen LogP contribution in [-0.4, -0.2) is 54.3 Å². The summed E-state index contributed by atoms with van der Waals surface area (Å²) in [4.78, 5) is 33.9. The Morgan fingerprint density at radius 1 is 0.545 bits per heavy atom. The van der Waals surface area contributed by atoms with E-state index in [0.717, 1.165) is 38.5 Å². The minimum atomic E-state index is -4.41. The molecule has 9 nitrogen and oxygen atoms in total. The van der Waals surface area contributed by atoms with Gasteiger partial charge in [-0.1, -0.05) is 193 Å². The lowest BCUT2D eigenvalue weighted by Crippen LogP contribution is -2.27. The normalized spacial score (nSPS) is 13.3. The summed E-state index contributed by atoms with van der Waals surface area (Å²) in [6, 6.07) is 0. The molecule has 2 unspecified atom stereocenters. The fourth-order valence-corrected chi connectivity index (χ4v) is 7.43. The van der Waals surface area contributed by atoms with Gasteiger partial charge >= 0.3 is 13.8 Å². The number of allylic oxidation sites excluding steroid dienone is 2. The molecule has 10 heteroatoms. The van der Waals surface area contributed by atoms with Crippen LogP contribution < -0.4 is 5.32 Å². The maximum Gasteiger partial charge on any atom is 0.472 e. The summed E-state index contributed by atoms with van der Waals surface area (Å²) in [6.45, 7) is 3.58. The molecule has 0 saturated heterocycles. The van der Waals surface area contributed by atoms with E-state index in [1.165, 1.54) is 167 Å². The summed E-state index contributed by atoms with van der Waals surface area (Å²) in [5, 5.41) is 12.7. The van der Waals surface area contributed by atoms with E-state index in [9.17, 15) is 24.2 Å². The lowest BCUT2D eigenvalue weighted by molar-refractivity contribution is -0.147. The van der Waals surface area contributed by atoms with Crippen molar-refractivity contribution in [1.82, 2.24) is 5.32 Å². The molecule has 0 rings (SSSR count). The second-order valence-corrected chi connectivity index (χ2v) is 17.2. The third kappa shape index (κ3) is 43.7. The molecule has 0 aliphatic carbocycles. The van der Waals surface area contributed by atoms with E-state index in [1.807, 2.05) is 0 Å². The zero-order chi connectivity index (χ0) is 40.3. The quantitative estimate of drug-likeness (QED) is 0.0240. The lowest BCUT2D eigenvalue weighted by Gasteiger charge is -2.15. The van der Waals surface area contributed by atoms with Crippen LogP contribution in [0.25, 0.3) is 0 Å². The van der Waals surface area contributed by atoms with Crippen LogP contribution in [-0.2, 0) is 27.9 Å². The molecule has 0 radical (unpaired) electrons. The fourth-order valence-electron chi connectivity index (χ4n) is 6.67. The average Bonchev–Trinajstić information content (AvgIpc) is 3.17. The molecule has 0 aliphatic rings. The van der Waals surface area contributed by atoms with Gasteiger partial charge in [-0.25, -0.2) is 4.57 Å². The number of phosphoric ester groups is 1. The van der Waals surface area contributed by atoms with Crippen molar-refractivity contribution in [3.63, 3.8) is 0 Å². The molecule has 0 aromatic carbocycles. The predicted octanol–water partition coefficient (Wildman–Crippen LogP) is 13.0. The van der Waals surface area contributed by atoms with E-state index in [2.05, 4.69) is 31.3 Å². The van der Waals surface area contributed by atoms with Crippen LogP contribution in [0.5, 0.6) is 0 Å². The third-order valence-corrected chi connectivity index (χ3v) is 11.2. The molecule has 0 fully saturated rings. The molecule has 0 aromatic heterocycles. The van der Waals surface area contributed by atoms with Crippen molar-refractivity contribution < 1.29 is 37.9 Å². The Kier molecular flexibility index (Phi) is 41.4. The summed E-state index contributed by atoms with van der Waals surface area (Å²) in [6.07, 6.45) is 44.3. The first-order valence-electron chi connectivity index (χ1n) is 23.2. The summed E-state index contributed by atoms with van der Waals surface area (Å²) in [5.74, 6) is -0.508. The van der Waals surface area contributed by atoms with Crippen molar-refractivity contribution in [1.29, 1.82) is 0 Å². The fraction of sp³-hybridized carbons (Fsp3) is 0.911. The number of nitrogens with one attached hydrogen (secondary N) is 1. The lowest BCUT2D eigenvalue weighted by atomic mass is 10.0. The standard InChI is InChI=1S/C45H88NO8P/c1-3-5-7-9-11-13-15-17-19-20-21-22-24-25-27-29-31-33-35-37-44(48)46-39-40-53-55(50,51)54-42-43(47)41-52-45(49)38-36-34-32-30-28-26-23-18-16-14-12-10-8-6-4-2/h17,19,43,47H,3-16,18,20-42H2,1-2H3,(H,46,48)(H,50,51)/b19-17+. The average molecular weight is 802 g/mol. The predicted molar refractivity (Wildman–Crippen MR) is 229 cm³/mol. The molecule has 326 valence electrons. The highest BCUT2D eigenvalue weighted by atomic mass is 31.2. The topological polar surface area (TPSA) is 131 Å². The van der Waals surface area contributed by atoms with Gasteiger partial charge < -0.3 is 20.1 Å². The van der Waals surface area contributed by atoms with Crippen LogP contribution in [0.2, 0.25) is 0 Å². The molecule has 0 bridgehead atoms. The van der Waals surface area contributed by atoms with Crippen LogP contribution in [0.15, 0.2) is 12.2 Å². The highest BCUT2D eigenvalue weighted by Crippen LogP contribution is 2.42. The first kappa shape index (κ1) is 53.8. The second-order valence-electron chi connectivity index (χ2n) is 15.7. The van der Waals surface area contributed by atoms with E-state index in [4.69, 9.17) is 13.8 Å². The maximum absolute atomic E-state index is 12.1. The Balaban J connectivity index is 3.55. The summed E-state index contributed by atoms with van der Waals surface area (Å²) in [5.41, 5.74) is 0. The monoisotopic (exact) mass is 802 g/mol. The van der Waals surface area contributed by atoms with Crippen molar-refractivity contribution in [2.75, 3.05) is 26.4 Å². The molecule has 2 atom stereocenters. The third-order valence-electron chi connectivity index (χ3n) is 10.2. The van der Waals surface area contributed by atoms with Gasteiger partial charge in [0.05, 0.1) is 13.2 Å². The number of hydrogen-bond donors (Lipinski definition) is 3. The van der Waals surface area contributed by atoms with Crippen LogP contribution in [0, 0.1) is 0 Å². The van der Waals surface area contributed by atoms with Crippen LogP contribution in [0.1, 0.15) is 232 Å². The zero-order valence-electron chi connectivity index (χ0n) is 35.9. The van der Waals surface area contributed by atoms with Gasteiger partial charge in [0.1, 0.15) is 12.7 Å². The Morgan fingerprint density at radius 2 is 0.927 bits per heavy atom. The van der Waals surface area contributed by atoms with E-state index in [1.54, 1.807) is 0 Å². The number of amides is 1.